The van der Waals surface area contributed by atoms with Gasteiger partial charge in [0.2, 0.25) is 0 Å². The number of benzene rings is 1. The van der Waals surface area contributed by atoms with E-state index in [4.69, 9.17) is 0 Å². The third-order valence-electron chi connectivity index (χ3n) is 2.20. The van der Waals surface area contributed by atoms with Crippen LogP contribution in [0.1, 0.15) is 5.56 Å². The average Bonchev–Trinajstić information content (AvgIpc) is 2.82. The first kappa shape index (κ1) is 12.2. The molecule has 0 fully saturated rings. The largest absolute Gasteiger partial charge is 0.416 e. The van der Waals surface area contributed by atoms with Gasteiger partial charge in [-0.1, -0.05) is 0 Å². The molecule has 94 valence electrons. The van der Waals surface area contributed by atoms with Gasteiger partial charge in [0.05, 0.1) is 5.56 Å². The summed E-state index contributed by atoms with van der Waals surface area (Å²) >= 11 is 0. The SMILES string of the molecule is O=C(Nc1ccc(C(F)(F)F)cc1)n1ccnc1. The van der Waals surface area contributed by atoms with Crippen molar-refractivity contribution in [2.24, 2.45) is 0 Å². The van der Waals surface area contributed by atoms with Gasteiger partial charge in [0, 0.05) is 18.1 Å². The number of carbonyl (C=O) groups excluding carboxylic acids is 1. The number of nitrogens with zero attached hydrogens (tertiary/aromatic N) is 2. The number of halogens is 3. The molecule has 1 amide bonds. The predicted molar refractivity (Wildman–Crippen MR) is 58.1 cm³/mol. The smallest absolute Gasteiger partial charge is 0.307 e. The highest BCUT2D eigenvalue weighted by atomic mass is 19.4. The number of nitrogens with one attached hydrogen (secondary N) is 1. The van der Waals surface area contributed by atoms with Crippen molar-refractivity contribution < 1.29 is 18.0 Å². The van der Waals surface area contributed by atoms with Crippen LogP contribution < -0.4 is 5.32 Å². The van der Waals surface area contributed by atoms with Gasteiger partial charge in [-0.3, -0.25) is 4.57 Å². The maximum absolute atomic E-state index is 12.3. The molecule has 0 saturated heterocycles. The molecule has 0 aliphatic heterocycles. The number of hydrogen-bond acceptors (Lipinski definition) is 2. The fourth-order valence-electron chi connectivity index (χ4n) is 1.31. The summed E-state index contributed by atoms with van der Waals surface area (Å²) in [6.07, 6.45) is -0.238. The maximum atomic E-state index is 12.3. The van der Waals surface area contributed by atoms with E-state index >= 15 is 0 Å². The standard InChI is InChI=1S/C11H8F3N3O/c12-11(13,14)8-1-3-9(4-2-8)16-10(18)17-6-5-15-7-17/h1-7H,(H,16,18). The van der Waals surface area contributed by atoms with Crippen molar-refractivity contribution in [2.45, 2.75) is 6.18 Å². The minimum Gasteiger partial charge on any atom is -0.307 e. The van der Waals surface area contributed by atoms with Gasteiger partial charge >= 0.3 is 12.2 Å². The van der Waals surface area contributed by atoms with Crippen molar-refractivity contribution in [3.05, 3.63) is 48.5 Å². The van der Waals surface area contributed by atoms with Crippen LogP contribution >= 0.6 is 0 Å². The molecule has 0 unspecified atom stereocenters. The molecule has 1 aromatic heterocycles. The molecule has 1 heterocycles. The number of anilines is 1. The molecule has 7 heteroatoms. The summed E-state index contributed by atoms with van der Waals surface area (Å²) in [6, 6.07) is 3.70. The van der Waals surface area contributed by atoms with Crippen LogP contribution in [0.3, 0.4) is 0 Å². The van der Waals surface area contributed by atoms with Gasteiger partial charge in [-0.2, -0.15) is 13.2 Å². The number of aromatic nitrogens is 2. The molecule has 1 aromatic carbocycles. The van der Waals surface area contributed by atoms with Crippen molar-refractivity contribution in [3.8, 4) is 0 Å². The Morgan fingerprint density at radius 3 is 2.39 bits per heavy atom. The van der Waals surface area contributed by atoms with Gasteiger partial charge in [0.15, 0.2) is 0 Å². The highest BCUT2D eigenvalue weighted by molar-refractivity contribution is 5.90. The van der Waals surface area contributed by atoms with Crippen LogP contribution in [-0.4, -0.2) is 15.6 Å². The molecule has 0 saturated carbocycles. The van der Waals surface area contributed by atoms with E-state index < -0.39 is 17.8 Å². The molecule has 0 spiro atoms. The monoisotopic (exact) mass is 255 g/mol. The topological polar surface area (TPSA) is 46.9 Å². The summed E-state index contributed by atoms with van der Waals surface area (Å²) in [6.45, 7) is 0. The number of carbonyl (C=O) groups is 1. The predicted octanol–water partition coefficient (Wildman–Crippen LogP) is 2.98. The number of imidazole rings is 1. The fraction of sp³-hybridized carbons (Fsp3) is 0.0909. The first-order valence-corrected chi connectivity index (χ1v) is 4.93. The number of alkyl halides is 3. The first-order valence-electron chi connectivity index (χ1n) is 4.93. The summed E-state index contributed by atoms with van der Waals surface area (Å²) in [4.78, 5) is 15.2. The molecule has 0 bridgehead atoms. The van der Waals surface area contributed by atoms with Gasteiger partial charge in [0.25, 0.3) is 0 Å². The lowest BCUT2D eigenvalue weighted by molar-refractivity contribution is -0.137. The van der Waals surface area contributed by atoms with E-state index in [1.807, 2.05) is 0 Å². The second-order valence-corrected chi connectivity index (χ2v) is 3.48. The van der Waals surface area contributed by atoms with E-state index in [9.17, 15) is 18.0 Å². The zero-order valence-electron chi connectivity index (χ0n) is 8.98. The molecule has 0 atom stereocenters. The quantitative estimate of drug-likeness (QED) is 0.851. The van der Waals surface area contributed by atoms with E-state index in [0.717, 1.165) is 12.1 Å². The minimum absolute atomic E-state index is 0.279. The highest BCUT2D eigenvalue weighted by Gasteiger charge is 2.29. The van der Waals surface area contributed by atoms with E-state index in [-0.39, 0.29) is 5.69 Å². The van der Waals surface area contributed by atoms with Crippen molar-refractivity contribution >= 4 is 11.7 Å². The molecular weight excluding hydrogens is 247 g/mol. The lowest BCUT2D eigenvalue weighted by Crippen LogP contribution is -2.17. The number of amides is 1. The third kappa shape index (κ3) is 2.68. The summed E-state index contributed by atoms with van der Waals surface area (Å²) in [7, 11) is 0. The zero-order valence-corrected chi connectivity index (χ0v) is 8.98. The summed E-state index contributed by atoms with van der Waals surface area (Å²) in [5, 5.41) is 2.44. The zero-order chi connectivity index (χ0) is 13.2. The molecule has 0 aliphatic rings. The van der Waals surface area contributed by atoms with E-state index in [2.05, 4.69) is 10.3 Å². The Balaban J connectivity index is 2.09. The molecule has 2 aromatic rings. The molecule has 0 aliphatic carbocycles. The second-order valence-electron chi connectivity index (χ2n) is 3.48. The minimum atomic E-state index is -4.38. The van der Waals surface area contributed by atoms with Crippen LogP contribution in [0, 0.1) is 0 Å². The Hall–Kier alpha value is -2.31. The first-order chi connectivity index (χ1) is 8.47. The Morgan fingerprint density at radius 1 is 1.22 bits per heavy atom. The number of hydrogen-bond donors (Lipinski definition) is 1. The fourth-order valence-corrected chi connectivity index (χ4v) is 1.31. The number of rotatable bonds is 1. The molecule has 4 nitrogen and oxygen atoms in total. The van der Waals surface area contributed by atoms with Crippen LogP contribution in [0.15, 0.2) is 43.0 Å². The van der Waals surface area contributed by atoms with Gasteiger partial charge in [-0.15, -0.1) is 0 Å². The normalized spacial score (nSPS) is 11.3. The van der Waals surface area contributed by atoms with Crippen LogP contribution in [-0.2, 0) is 6.18 Å². The molecule has 18 heavy (non-hydrogen) atoms. The maximum Gasteiger partial charge on any atom is 0.416 e. The average molecular weight is 255 g/mol. The Bertz CT molecular complexity index is 532. The van der Waals surface area contributed by atoms with Crippen molar-refractivity contribution in [2.75, 3.05) is 5.32 Å². The van der Waals surface area contributed by atoms with Crippen LogP contribution in [0.2, 0.25) is 0 Å². The van der Waals surface area contributed by atoms with Crippen LogP contribution in [0.25, 0.3) is 0 Å². The molecular formula is C11H8F3N3O. The van der Waals surface area contributed by atoms with Gasteiger partial charge in [-0.25, -0.2) is 9.78 Å². The molecule has 0 radical (unpaired) electrons. The lowest BCUT2D eigenvalue weighted by Gasteiger charge is -2.08. The third-order valence-corrected chi connectivity index (χ3v) is 2.20. The van der Waals surface area contributed by atoms with Crippen molar-refractivity contribution in [1.82, 2.24) is 9.55 Å². The molecule has 2 rings (SSSR count). The summed E-state index contributed by atoms with van der Waals surface area (Å²) < 4.78 is 38.1. The second kappa shape index (κ2) is 4.52. The van der Waals surface area contributed by atoms with Gasteiger partial charge in [-0.05, 0) is 24.3 Å². The van der Waals surface area contributed by atoms with E-state index in [1.165, 1.54) is 35.4 Å². The van der Waals surface area contributed by atoms with Crippen LogP contribution in [0.5, 0.6) is 0 Å². The van der Waals surface area contributed by atoms with Crippen molar-refractivity contribution in [3.63, 3.8) is 0 Å². The van der Waals surface area contributed by atoms with Gasteiger partial charge in [0.1, 0.15) is 6.33 Å². The highest BCUT2D eigenvalue weighted by Crippen LogP contribution is 2.29. The summed E-state index contributed by atoms with van der Waals surface area (Å²) in [5.41, 5.74) is -0.482. The Labute approximate surface area is 100 Å². The van der Waals surface area contributed by atoms with E-state index in [1.54, 1.807) is 0 Å². The van der Waals surface area contributed by atoms with E-state index in [0.29, 0.717) is 0 Å². The Morgan fingerprint density at radius 2 is 1.89 bits per heavy atom. The van der Waals surface area contributed by atoms with Crippen molar-refractivity contribution in [1.29, 1.82) is 0 Å². The summed E-state index contributed by atoms with van der Waals surface area (Å²) in [5.74, 6) is 0. The van der Waals surface area contributed by atoms with Crippen LogP contribution in [0.4, 0.5) is 23.7 Å². The Kier molecular flexibility index (Phi) is 3.05. The van der Waals surface area contributed by atoms with Gasteiger partial charge < -0.3 is 5.32 Å². The molecule has 1 N–H and O–H groups in total. The lowest BCUT2D eigenvalue weighted by atomic mass is 10.2.